The third kappa shape index (κ3) is 6.73. The molecular weight excluding hydrogens is 302 g/mol. The molecule has 5 nitrogen and oxygen atoms in total. The number of hydrogen-bond acceptors (Lipinski definition) is 5. The molecule has 1 saturated carbocycles. The van der Waals surface area contributed by atoms with E-state index < -0.39 is 6.23 Å². The summed E-state index contributed by atoms with van der Waals surface area (Å²) in [5.74, 6) is 0.524. The van der Waals surface area contributed by atoms with E-state index in [1.165, 1.54) is 6.92 Å². The van der Waals surface area contributed by atoms with Gasteiger partial charge in [0.1, 0.15) is 6.23 Å². The number of hydrogen-bond donors (Lipinski definition) is 2. The van der Waals surface area contributed by atoms with Gasteiger partial charge in [0.2, 0.25) is 0 Å². The van der Waals surface area contributed by atoms with Crippen LogP contribution in [-0.2, 0) is 4.79 Å². The van der Waals surface area contributed by atoms with E-state index in [0.29, 0.717) is 18.2 Å². The average molecular weight is 338 g/mol. The van der Waals surface area contributed by atoms with Gasteiger partial charge in [-0.25, -0.2) is 0 Å². The third-order valence-corrected chi connectivity index (χ3v) is 4.51. The summed E-state index contributed by atoms with van der Waals surface area (Å²) in [7, 11) is 0. The van der Waals surface area contributed by atoms with Gasteiger partial charge in [0, 0.05) is 25.7 Å². The fourth-order valence-electron chi connectivity index (χ4n) is 2.99. The van der Waals surface area contributed by atoms with Crippen LogP contribution in [0.1, 0.15) is 66.2 Å². The highest BCUT2D eigenvalue weighted by molar-refractivity contribution is 6.08. The maximum atomic E-state index is 11.6. The van der Waals surface area contributed by atoms with E-state index in [1.54, 1.807) is 0 Å². The molecule has 1 rings (SSSR count). The molecular formula is C19H35N3O2. The lowest BCUT2D eigenvalue weighted by molar-refractivity contribution is -0.113. The number of carbonyl (C=O) groups excluding carboxylic acids is 1. The van der Waals surface area contributed by atoms with E-state index >= 15 is 0 Å². The van der Waals surface area contributed by atoms with Crippen LogP contribution in [-0.4, -0.2) is 47.4 Å². The molecule has 1 aliphatic carbocycles. The Hall–Kier alpha value is -1.20. The van der Waals surface area contributed by atoms with Gasteiger partial charge in [-0.3, -0.25) is 14.7 Å². The standard InChI is InChI=1S/C19H35N3O2/c1-5-11-22(12-10-14(2)3)18(24)13-21-17-9-7-6-8-16(17)19(20)15(4)23/h14,18,24H,5-13,20H2,1-4H3/b19-16-,21-17?. The van der Waals surface area contributed by atoms with Gasteiger partial charge in [0.15, 0.2) is 5.78 Å². The summed E-state index contributed by atoms with van der Waals surface area (Å²) in [5.41, 5.74) is 8.10. The van der Waals surface area contributed by atoms with Gasteiger partial charge in [0.05, 0.1) is 12.2 Å². The first kappa shape index (κ1) is 20.8. The molecule has 138 valence electrons. The predicted molar refractivity (Wildman–Crippen MR) is 100.0 cm³/mol. The van der Waals surface area contributed by atoms with E-state index in [9.17, 15) is 9.90 Å². The highest BCUT2D eigenvalue weighted by atomic mass is 16.3. The second-order valence-electron chi connectivity index (χ2n) is 7.14. The lowest BCUT2D eigenvalue weighted by atomic mass is 9.90. The Morgan fingerprint density at radius 1 is 1.29 bits per heavy atom. The van der Waals surface area contributed by atoms with Crippen LogP contribution in [0.4, 0.5) is 0 Å². The minimum atomic E-state index is -0.571. The van der Waals surface area contributed by atoms with Crippen molar-refractivity contribution in [3.05, 3.63) is 11.3 Å². The number of aliphatic hydroxyl groups excluding tert-OH is 1. The van der Waals surface area contributed by atoms with Crippen LogP contribution in [0.5, 0.6) is 0 Å². The Kier molecular flexibility index (Phi) is 9.22. The van der Waals surface area contributed by atoms with E-state index in [4.69, 9.17) is 5.73 Å². The molecule has 0 amide bonds. The first-order valence-electron chi connectivity index (χ1n) is 9.32. The molecule has 0 radical (unpaired) electrons. The number of aliphatic hydroxyl groups is 1. The number of Topliss-reactive ketones (excluding diaryl/α,β-unsaturated/α-hetero) is 1. The minimum absolute atomic E-state index is 0.0929. The van der Waals surface area contributed by atoms with Crippen LogP contribution in [0.2, 0.25) is 0 Å². The summed E-state index contributed by atoms with van der Waals surface area (Å²) in [5, 5.41) is 10.5. The van der Waals surface area contributed by atoms with Crippen molar-refractivity contribution in [3.8, 4) is 0 Å². The monoisotopic (exact) mass is 337 g/mol. The fraction of sp³-hybridized carbons (Fsp3) is 0.789. The number of ketones is 1. The zero-order valence-corrected chi connectivity index (χ0v) is 15.8. The second kappa shape index (κ2) is 10.6. The summed E-state index contributed by atoms with van der Waals surface area (Å²) in [4.78, 5) is 18.3. The van der Waals surface area contributed by atoms with Crippen molar-refractivity contribution in [2.75, 3.05) is 19.6 Å². The normalized spacial score (nSPS) is 20.7. The zero-order valence-electron chi connectivity index (χ0n) is 15.8. The van der Waals surface area contributed by atoms with Gasteiger partial charge >= 0.3 is 0 Å². The van der Waals surface area contributed by atoms with Gasteiger partial charge < -0.3 is 10.8 Å². The molecule has 0 heterocycles. The van der Waals surface area contributed by atoms with Crippen LogP contribution in [0, 0.1) is 5.92 Å². The van der Waals surface area contributed by atoms with Gasteiger partial charge in [-0.2, -0.15) is 0 Å². The summed E-state index contributed by atoms with van der Waals surface area (Å²) >= 11 is 0. The summed E-state index contributed by atoms with van der Waals surface area (Å²) in [6.45, 7) is 10.1. The first-order chi connectivity index (χ1) is 11.4. The Labute approximate surface area is 147 Å². The quantitative estimate of drug-likeness (QED) is 0.501. The molecule has 0 aromatic carbocycles. The Balaban J connectivity index is 2.78. The van der Waals surface area contributed by atoms with Crippen molar-refractivity contribution >= 4 is 11.5 Å². The first-order valence-corrected chi connectivity index (χ1v) is 9.32. The Morgan fingerprint density at radius 3 is 2.54 bits per heavy atom. The summed E-state index contributed by atoms with van der Waals surface area (Å²) in [6, 6.07) is 0. The van der Waals surface area contributed by atoms with Crippen molar-refractivity contribution in [2.24, 2.45) is 16.6 Å². The molecule has 1 aliphatic rings. The lowest BCUT2D eigenvalue weighted by Crippen LogP contribution is -2.39. The molecule has 1 unspecified atom stereocenters. The topological polar surface area (TPSA) is 78.9 Å². The largest absolute Gasteiger partial charge is 0.396 e. The van der Waals surface area contributed by atoms with Crippen LogP contribution in [0.25, 0.3) is 0 Å². The van der Waals surface area contributed by atoms with Crippen molar-refractivity contribution in [1.82, 2.24) is 4.90 Å². The van der Waals surface area contributed by atoms with Gasteiger partial charge in [-0.15, -0.1) is 0 Å². The highest BCUT2D eigenvalue weighted by Crippen LogP contribution is 2.23. The average Bonchev–Trinajstić information content (AvgIpc) is 2.55. The minimum Gasteiger partial charge on any atom is -0.396 e. The summed E-state index contributed by atoms with van der Waals surface area (Å²) < 4.78 is 0. The maximum Gasteiger partial charge on any atom is 0.175 e. The van der Waals surface area contributed by atoms with E-state index in [-0.39, 0.29) is 5.78 Å². The molecule has 5 heteroatoms. The number of nitrogens with zero attached hydrogens (tertiary/aromatic N) is 2. The smallest absolute Gasteiger partial charge is 0.175 e. The van der Waals surface area contributed by atoms with Crippen LogP contribution >= 0.6 is 0 Å². The number of aliphatic imine (C=N–C) groups is 1. The van der Waals surface area contributed by atoms with Crippen LogP contribution in [0.3, 0.4) is 0 Å². The number of rotatable bonds is 9. The predicted octanol–water partition coefficient (Wildman–Crippen LogP) is 2.88. The maximum absolute atomic E-state index is 11.6. The molecule has 0 aromatic heterocycles. The third-order valence-electron chi connectivity index (χ3n) is 4.51. The molecule has 0 aliphatic heterocycles. The van der Waals surface area contributed by atoms with Gasteiger partial charge in [-0.1, -0.05) is 20.8 Å². The zero-order chi connectivity index (χ0) is 18.1. The van der Waals surface area contributed by atoms with E-state index in [1.807, 2.05) is 0 Å². The number of carbonyl (C=O) groups is 1. The van der Waals surface area contributed by atoms with E-state index in [0.717, 1.165) is 62.9 Å². The van der Waals surface area contributed by atoms with E-state index in [2.05, 4.69) is 30.7 Å². The molecule has 3 N–H and O–H groups in total. The summed E-state index contributed by atoms with van der Waals surface area (Å²) in [6.07, 6.45) is 5.27. The van der Waals surface area contributed by atoms with Crippen molar-refractivity contribution in [2.45, 2.75) is 72.4 Å². The second-order valence-corrected chi connectivity index (χ2v) is 7.14. The molecule has 24 heavy (non-hydrogen) atoms. The van der Waals surface area contributed by atoms with Gasteiger partial charge in [-0.05, 0) is 50.0 Å². The molecule has 1 fully saturated rings. The molecule has 0 aromatic rings. The van der Waals surface area contributed by atoms with Gasteiger partial charge in [0.25, 0.3) is 0 Å². The lowest BCUT2D eigenvalue weighted by Gasteiger charge is -2.28. The van der Waals surface area contributed by atoms with Crippen molar-refractivity contribution in [3.63, 3.8) is 0 Å². The Bertz CT molecular complexity index is 469. The van der Waals surface area contributed by atoms with Crippen LogP contribution in [0.15, 0.2) is 16.3 Å². The molecule has 0 bridgehead atoms. The Morgan fingerprint density at radius 2 is 1.96 bits per heavy atom. The highest BCUT2D eigenvalue weighted by Gasteiger charge is 2.20. The van der Waals surface area contributed by atoms with Crippen LogP contribution < -0.4 is 5.73 Å². The fourth-order valence-corrected chi connectivity index (χ4v) is 2.99. The molecule has 0 spiro atoms. The number of allylic oxidation sites excluding steroid dienone is 2. The molecule has 0 saturated heterocycles. The van der Waals surface area contributed by atoms with Crippen molar-refractivity contribution in [1.29, 1.82) is 0 Å². The van der Waals surface area contributed by atoms with Crippen molar-refractivity contribution < 1.29 is 9.90 Å². The molecule has 1 atom stereocenters. The number of nitrogens with two attached hydrogens (primary N) is 1. The SMILES string of the molecule is CCCN(CCC(C)C)C(O)CN=C1CCCC/C1=C(/N)C(C)=O.